The molecule has 122 valence electrons. The molecule has 0 saturated carbocycles. The van der Waals surface area contributed by atoms with E-state index in [2.05, 4.69) is 35.2 Å². The van der Waals surface area contributed by atoms with Gasteiger partial charge in [-0.25, -0.2) is 0 Å². The van der Waals surface area contributed by atoms with Crippen LogP contribution in [0.1, 0.15) is 30.4 Å². The van der Waals surface area contributed by atoms with Gasteiger partial charge in [-0.15, -0.1) is 0 Å². The van der Waals surface area contributed by atoms with Crippen molar-refractivity contribution in [3.8, 4) is 5.75 Å². The Bertz CT molecular complexity index is 600. The highest BCUT2D eigenvalue weighted by Gasteiger charge is 2.15. The molecule has 1 fully saturated rings. The number of hydrogen-bond donors (Lipinski definition) is 1. The van der Waals surface area contributed by atoms with Crippen molar-refractivity contribution in [3.05, 3.63) is 65.7 Å². The van der Waals surface area contributed by atoms with Crippen molar-refractivity contribution in [2.75, 3.05) is 13.1 Å². The van der Waals surface area contributed by atoms with E-state index in [1.807, 2.05) is 24.3 Å². The van der Waals surface area contributed by atoms with E-state index in [9.17, 15) is 5.11 Å². The Morgan fingerprint density at radius 1 is 0.957 bits per heavy atom. The van der Waals surface area contributed by atoms with Gasteiger partial charge in [-0.3, -0.25) is 4.90 Å². The summed E-state index contributed by atoms with van der Waals surface area (Å²) in [5.41, 5.74) is 2.45. The van der Waals surface area contributed by atoms with Crippen molar-refractivity contribution in [2.45, 2.75) is 38.5 Å². The van der Waals surface area contributed by atoms with E-state index in [1.54, 1.807) is 0 Å². The number of hydrogen-bond acceptors (Lipinski definition) is 3. The Labute approximate surface area is 138 Å². The van der Waals surface area contributed by atoms with E-state index in [0.717, 1.165) is 44.6 Å². The lowest BCUT2D eigenvalue weighted by molar-refractivity contribution is 0.154. The minimum Gasteiger partial charge on any atom is -0.489 e. The van der Waals surface area contributed by atoms with Crippen LogP contribution in [0.5, 0.6) is 5.75 Å². The molecule has 3 rings (SSSR count). The second-order valence-electron chi connectivity index (χ2n) is 6.28. The van der Waals surface area contributed by atoms with Crippen LogP contribution < -0.4 is 4.74 Å². The summed E-state index contributed by atoms with van der Waals surface area (Å²) < 4.78 is 5.91. The molecule has 2 aromatic carbocycles. The lowest BCUT2D eigenvalue weighted by Crippen LogP contribution is -2.24. The van der Waals surface area contributed by atoms with Gasteiger partial charge >= 0.3 is 0 Å². The summed E-state index contributed by atoms with van der Waals surface area (Å²) in [4.78, 5) is 2.42. The van der Waals surface area contributed by atoms with Crippen molar-refractivity contribution in [1.29, 1.82) is 0 Å². The Balaban J connectivity index is 1.56. The molecule has 0 aromatic heterocycles. The molecule has 0 radical (unpaired) electrons. The maximum atomic E-state index is 9.75. The van der Waals surface area contributed by atoms with Gasteiger partial charge in [0.15, 0.2) is 0 Å². The Morgan fingerprint density at radius 3 is 2.65 bits per heavy atom. The van der Waals surface area contributed by atoms with Crippen molar-refractivity contribution in [3.63, 3.8) is 0 Å². The summed E-state index contributed by atoms with van der Waals surface area (Å²) in [5.74, 6) is 0.918. The van der Waals surface area contributed by atoms with Gasteiger partial charge in [-0.05, 0) is 49.1 Å². The van der Waals surface area contributed by atoms with Crippen LogP contribution in [-0.2, 0) is 13.2 Å². The molecule has 1 heterocycles. The van der Waals surface area contributed by atoms with Gasteiger partial charge in [0.05, 0.1) is 6.10 Å². The summed E-state index contributed by atoms with van der Waals surface area (Å²) in [5, 5.41) is 9.75. The minimum absolute atomic E-state index is 0.124. The van der Waals surface area contributed by atoms with Gasteiger partial charge in [0.1, 0.15) is 12.4 Å². The molecular weight excluding hydrogens is 286 g/mol. The summed E-state index contributed by atoms with van der Waals surface area (Å²) in [6.45, 7) is 3.55. The Kier molecular flexibility index (Phi) is 5.67. The van der Waals surface area contributed by atoms with E-state index in [4.69, 9.17) is 4.74 Å². The molecule has 23 heavy (non-hydrogen) atoms. The second-order valence-corrected chi connectivity index (χ2v) is 6.28. The minimum atomic E-state index is -0.124. The largest absolute Gasteiger partial charge is 0.489 e. The highest BCUT2D eigenvalue weighted by Crippen LogP contribution is 2.18. The number of aliphatic hydroxyl groups is 1. The molecule has 1 aliphatic rings. The van der Waals surface area contributed by atoms with Gasteiger partial charge in [-0.2, -0.15) is 0 Å². The van der Waals surface area contributed by atoms with Crippen LogP contribution in [0.3, 0.4) is 0 Å². The molecule has 3 heteroatoms. The zero-order valence-corrected chi connectivity index (χ0v) is 13.5. The van der Waals surface area contributed by atoms with Crippen molar-refractivity contribution < 1.29 is 9.84 Å². The van der Waals surface area contributed by atoms with Crippen LogP contribution in [0.2, 0.25) is 0 Å². The van der Waals surface area contributed by atoms with Crippen LogP contribution in [-0.4, -0.2) is 29.2 Å². The van der Waals surface area contributed by atoms with Crippen LogP contribution in [0.4, 0.5) is 0 Å². The Hall–Kier alpha value is -1.84. The lowest BCUT2D eigenvalue weighted by atomic mass is 10.2. The zero-order valence-electron chi connectivity index (χ0n) is 13.5. The summed E-state index contributed by atoms with van der Waals surface area (Å²) in [6.07, 6.45) is 2.76. The number of likely N-dealkylation sites (tertiary alicyclic amines) is 1. The van der Waals surface area contributed by atoms with Crippen molar-refractivity contribution in [1.82, 2.24) is 4.90 Å². The number of nitrogens with zero attached hydrogens (tertiary/aromatic N) is 1. The Morgan fingerprint density at radius 2 is 1.78 bits per heavy atom. The smallest absolute Gasteiger partial charge is 0.120 e. The molecule has 0 amide bonds. The first-order valence-corrected chi connectivity index (χ1v) is 8.46. The van der Waals surface area contributed by atoms with Gasteiger partial charge in [0.25, 0.3) is 0 Å². The molecule has 1 N–H and O–H groups in total. The third-order valence-corrected chi connectivity index (χ3v) is 4.34. The average molecular weight is 311 g/mol. The summed E-state index contributed by atoms with van der Waals surface area (Å²) in [6, 6.07) is 18.6. The first kappa shape index (κ1) is 16.0. The maximum absolute atomic E-state index is 9.75. The SMILES string of the molecule is OC1CCCN(Cc2cccc(OCc3ccccc3)c2)CC1. The molecular formula is C20H25NO2. The first-order chi connectivity index (χ1) is 11.3. The van der Waals surface area contributed by atoms with E-state index in [-0.39, 0.29) is 6.10 Å². The maximum Gasteiger partial charge on any atom is 0.120 e. The van der Waals surface area contributed by atoms with Gasteiger partial charge < -0.3 is 9.84 Å². The van der Waals surface area contributed by atoms with Crippen LogP contribution >= 0.6 is 0 Å². The number of rotatable bonds is 5. The van der Waals surface area contributed by atoms with E-state index in [1.165, 1.54) is 11.1 Å². The predicted molar refractivity (Wildman–Crippen MR) is 92.4 cm³/mol. The standard InChI is InChI=1S/C20H25NO2/c22-19-9-5-12-21(13-11-19)15-18-8-4-10-20(14-18)23-16-17-6-2-1-3-7-17/h1-4,6-8,10,14,19,22H,5,9,11-13,15-16H2. The fourth-order valence-electron chi connectivity index (χ4n) is 3.03. The third kappa shape index (κ3) is 5.08. The molecule has 2 aromatic rings. The molecule has 1 unspecified atom stereocenters. The molecule has 1 aliphatic heterocycles. The lowest BCUT2D eigenvalue weighted by Gasteiger charge is -2.20. The van der Waals surface area contributed by atoms with Crippen LogP contribution in [0.25, 0.3) is 0 Å². The topological polar surface area (TPSA) is 32.7 Å². The highest BCUT2D eigenvalue weighted by molar-refractivity contribution is 5.29. The molecule has 3 nitrogen and oxygen atoms in total. The normalized spacial score (nSPS) is 19.3. The fourth-order valence-corrected chi connectivity index (χ4v) is 3.03. The van der Waals surface area contributed by atoms with E-state index in [0.29, 0.717) is 6.61 Å². The quantitative estimate of drug-likeness (QED) is 0.915. The van der Waals surface area contributed by atoms with Gasteiger partial charge in [0.2, 0.25) is 0 Å². The van der Waals surface area contributed by atoms with Crippen molar-refractivity contribution >= 4 is 0 Å². The van der Waals surface area contributed by atoms with Gasteiger partial charge in [-0.1, -0.05) is 42.5 Å². The summed E-state index contributed by atoms with van der Waals surface area (Å²) in [7, 11) is 0. The fraction of sp³-hybridized carbons (Fsp3) is 0.400. The van der Waals surface area contributed by atoms with E-state index < -0.39 is 0 Å². The third-order valence-electron chi connectivity index (χ3n) is 4.34. The molecule has 0 bridgehead atoms. The average Bonchev–Trinajstić information content (AvgIpc) is 2.79. The molecule has 1 atom stereocenters. The number of ether oxygens (including phenoxy) is 1. The molecule has 0 aliphatic carbocycles. The molecule has 0 spiro atoms. The molecule has 1 saturated heterocycles. The first-order valence-electron chi connectivity index (χ1n) is 8.46. The second kappa shape index (κ2) is 8.14. The zero-order chi connectivity index (χ0) is 15.9. The number of benzene rings is 2. The highest BCUT2D eigenvalue weighted by atomic mass is 16.5. The summed E-state index contributed by atoms with van der Waals surface area (Å²) >= 11 is 0. The predicted octanol–water partition coefficient (Wildman–Crippen LogP) is 3.61. The van der Waals surface area contributed by atoms with Gasteiger partial charge in [0, 0.05) is 13.1 Å². The van der Waals surface area contributed by atoms with Crippen LogP contribution in [0.15, 0.2) is 54.6 Å². The van der Waals surface area contributed by atoms with E-state index >= 15 is 0 Å². The monoisotopic (exact) mass is 311 g/mol. The number of aliphatic hydroxyl groups excluding tert-OH is 1. The van der Waals surface area contributed by atoms with Crippen molar-refractivity contribution in [2.24, 2.45) is 0 Å². The van der Waals surface area contributed by atoms with Crippen LogP contribution in [0, 0.1) is 0 Å².